The number of nitrogens with zero attached hydrogens (tertiary/aromatic N) is 2. The monoisotopic (exact) mass is 724 g/mol. The van der Waals surface area contributed by atoms with Gasteiger partial charge in [-0.25, -0.2) is 21.8 Å². The summed E-state index contributed by atoms with van der Waals surface area (Å²) in [5.74, 6) is -2.41. The highest BCUT2D eigenvalue weighted by Gasteiger charge is 2.30. The largest absolute Gasteiger partial charge is 0.381 e. The van der Waals surface area contributed by atoms with Crippen molar-refractivity contribution in [3.63, 3.8) is 0 Å². The van der Waals surface area contributed by atoms with Crippen LogP contribution in [0.1, 0.15) is 50.5 Å². The summed E-state index contributed by atoms with van der Waals surface area (Å²) in [6, 6.07) is 20.3. The Morgan fingerprint density at radius 2 is 1.46 bits per heavy atom. The van der Waals surface area contributed by atoms with E-state index in [1.807, 2.05) is 30.3 Å². The van der Waals surface area contributed by atoms with Gasteiger partial charge in [0.25, 0.3) is 17.7 Å². The van der Waals surface area contributed by atoms with E-state index in [-0.39, 0.29) is 41.4 Å². The molecule has 0 bridgehead atoms. The van der Waals surface area contributed by atoms with Crippen LogP contribution in [0, 0.1) is 0 Å². The lowest BCUT2D eigenvalue weighted by atomic mass is 9.99. The van der Waals surface area contributed by atoms with Crippen LogP contribution in [0.2, 0.25) is 0 Å². The van der Waals surface area contributed by atoms with Crippen molar-refractivity contribution in [1.82, 2.24) is 20.6 Å². The summed E-state index contributed by atoms with van der Waals surface area (Å²) < 4.78 is 48.9. The second-order valence-corrected chi connectivity index (χ2v) is 16.2. The summed E-state index contributed by atoms with van der Waals surface area (Å²) in [6.07, 6.45) is 1.80. The average Bonchev–Trinajstić information content (AvgIpc) is 3.53. The lowest BCUT2D eigenvalue weighted by Crippen LogP contribution is -2.50. The second kappa shape index (κ2) is 16.1. The van der Waals surface area contributed by atoms with E-state index in [9.17, 15) is 36.3 Å². The van der Waals surface area contributed by atoms with Crippen LogP contribution < -0.4 is 20.3 Å². The third-order valence-corrected chi connectivity index (χ3v) is 9.98. The number of carbonyl (C=O) groups excluding carboxylic acids is 3. The van der Waals surface area contributed by atoms with Gasteiger partial charge in [-0.2, -0.15) is 0 Å². The van der Waals surface area contributed by atoms with Crippen molar-refractivity contribution in [2.75, 3.05) is 34.9 Å². The first-order chi connectivity index (χ1) is 23.5. The molecule has 3 aromatic carbocycles. The minimum Gasteiger partial charge on any atom is -0.381 e. The number of aromatic nitrogens is 2. The molecule has 0 unspecified atom stereocenters. The predicted molar refractivity (Wildman–Crippen MR) is 190 cm³/mol. The van der Waals surface area contributed by atoms with Gasteiger partial charge in [0.2, 0.25) is 16.0 Å². The number of carbonyl (C=O) groups is 3. The Kier molecular flexibility index (Phi) is 12.2. The normalized spacial score (nSPS) is 13.5. The molecule has 0 saturated heterocycles. The minimum absolute atomic E-state index is 0.00771. The number of imidazole rings is 1. The van der Waals surface area contributed by atoms with Crippen LogP contribution in [0.3, 0.4) is 0 Å². The molecule has 1 heterocycles. The summed E-state index contributed by atoms with van der Waals surface area (Å²) in [4.78, 5) is 47.3. The lowest BCUT2D eigenvalue weighted by Gasteiger charge is -2.24. The number of aromatic amines is 1. The Hall–Kier alpha value is -5.06. The molecule has 0 aliphatic carbocycles. The molecule has 1 aromatic heterocycles. The SMILES string of the molecule is C[C@@H](NC(=O)c1cc(C(=O)N[C@@H](Cc2ccccc2)[C@@H](O)C(=O)Nc2ncc(CCS(C)(=O)=O)[nH]2)cc(N(C)S(C)(=O)=O)c1)c1ccccc1. The Morgan fingerprint density at radius 3 is 2.04 bits per heavy atom. The number of H-pyrrole nitrogens is 1. The molecule has 0 spiro atoms. The number of nitrogens with one attached hydrogen (secondary N) is 4. The molecule has 4 rings (SSSR count). The number of anilines is 2. The zero-order valence-electron chi connectivity index (χ0n) is 28.0. The number of sulfonamides is 1. The van der Waals surface area contributed by atoms with Crippen molar-refractivity contribution in [2.24, 2.45) is 0 Å². The van der Waals surface area contributed by atoms with Crippen molar-refractivity contribution in [2.45, 2.75) is 38.0 Å². The summed E-state index contributed by atoms with van der Waals surface area (Å²) in [5, 5.41) is 19.2. The van der Waals surface area contributed by atoms with E-state index < -0.39 is 55.8 Å². The smallest absolute Gasteiger partial charge is 0.257 e. The number of aliphatic hydroxyl groups excluding tert-OH is 1. The maximum atomic E-state index is 13.8. The van der Waals surface area contributed by atoms with Gasteiger partial charge in [0.1, 0.15) is 9.84 Å². The lowest BCUT2D eigenvalue weighted by molar-refractivity contribution is -0.125. The summed E-state index contributed by atoms with van der Waals surface area (Å²) in [7, 11) is -5.74. The van der Waals surface area contributed by atoms with Gasteiger partial charge in [-0.1, -0.05) is 60.7 Å². The number of aliphatic hydroxyl groups is 1. The fourth-order valence-electron chi connectivity index (χ4n) is 4.93. The van der Waals surface area contributed by atoms with Gasteiger partial charge in [-0.3, -0.25) is 24.0 Å². The van der Waals surface area contributed by atoms with Gasteiger partial charge in [-0.05, 0) is 42.7 Å². The zero-order valence-corrected chi connectivity index (χ0v) is 29.6. The number of hydrogen-bond donors (Lipinski definition) is 5. The van der Waals surface area contributed by atoms with Gasteiger partial charge in [0.05, 0.1) is 36.0 Å². The Balaban J connectivity index is 1.61. The molecule has 0 aliphatic heterocycles. The highest BCUT2D eigenvalue weighted by Crippen LogP contribution is 2.22. The van der Waals surface area contributed by atoms with Gasteiger partial charge < -0.3 is 20.7 Å². The van der Waals surface area contributed by atoms with Crippen LogP contribution in [0.4, 0.5) is 11.6 Å². The number of sulfone groups is 1. The zero-order chi connectivity index (χ0) is 36.6. The van der Waals surface area contributed by atoms with Gasteiger partial charge in [0, 0.05) is 36.5 Å². The first-order valence-corrected chi connectivity index (χ1v) is 19.4. The Labute approximate surface area is 291 Å². The van der Waals surface area contributed by atoms with E-state index in [0.717, 1.165) is 22.4 Å². The number of amides is 3. The van der Waals surface area contributed by atoms with E-state index >= 15 is 0 Å². The van der Waals surface area contributed by atoms with Gasteiger partial charge in [-0.15, -0.1) is 0 Å². The number of benzene rings is 3. The highest BCUT2D eigenvalue weighted by molar-refractivity contribution is 7.92. The topological polar surface area (TPSA) is 208 Å². The van der Waals surface area contributed by atoms with Crippen LogP contribution in [-0.4, -0.2) is 87.1 Å². The third-order valence-electron chi connectivity index (χ3n) is 7.83. The van der Waals surface area contributed by atoms with Gasteiger partial charge in [0.15, 0.2) is 6.10 Å². The summed E-state index contributed by atoms with van der Waals surface area (Å²) >= 11 is 0. The fourth-order valence-corrected chi connectivity index (χ4v) is 6.01. The molecule has 14 nitrogen and oxygen atoms in total. The number of rotatable bonds is 15. The first-order valence-electron chi connectivity index (χ1n) is 15.5. The molecule has 4 aromatic rings. The van der Waals surface area contributed by atoms with Crippen LogP contribution in [-0.2, 0) is 37.5 Å². The quantitative estimate of drug-likeness (QED) is 0.122. The van der Waals surface area contributed by atoms with Crippen LogP contribution in [0.5, 0.6) is 0 Å². The molecule has 0 saturated carbocycles. The molecule has 50 heavy (non-hydrogen) atoms. The number of hydrogen-bond acceptors (Lipinski definition) is 9. The average molecular weight is 725 g/mol. The maximum absolute atomic E-state index is 13.8. The van der Waals surface area contributed by atoms with E-state index in [4.69, 9.17) is 0 Å². The van der Waals surface area contributed by atoms with Crippen LogP contribution in [0.25, 0.3) is 0 Å². The molecular weight excluding hydrogens is 685 g/mol. The Morgan fingerprint density at radius 1 is 0.880 bits per heavy atom. The van der Waals surface area contributed by atoms with E-state index in [1.54, 1.807) is 37.3 Å². The summed E-state index contributed by atoms with van der Waals surface area (Å²) in [5.41, 5.74) is 1.92. The molecule has 5 N–H and O–H groups in total. The van der Waals surface area contributed by atoms with E-state index in [0.29, 0.717) is 11.3 Å². The van der Waals surface area contributed by atoms with Crippen LogP contribution in [0.15, 0.2) is 85.1 Å². The van der Waals surface area contributed by atoms with E-state index in [2.05, 4.69) is 25.9 Å². The summed E-state index contributed by atoms with van der Waals surface area (Å²) in [6.45, 7) is 1.78. The molecule has 0 radical (unpaired) electrons. The minimum atomic E-state index is -3.80. The second-order valence-electron chi connectivity index (χ2n) is 11.9. The molecule has 3 atom stereocenters. The molecule has 0 aliphatic rings. The standard InChI is InChI=1S/C34H40N6O8S2/c1-22(24-13-9-6-10-14-24)36-31(42)25-18-26(20-28(19-25)40(2)50(4,47)48)32(43)38-29(17-23-11-7-5-8-12-23)30(41)33(44)39-34-35-21-27(37-34)15-16-49(3,45)46/h5-14,18-22,29-30,41H,15-17H2,1-4H3,(H,36,42)(H,38,43)(H2,35,37,39,44)/t22-,29+,30-/m1/s1. The van der Waals surface area contributed by atoms with Crippen molar-refractivity contribution in [3.05, 3.63) is 113 Å². The fraction of sp³-hybridized carbons (Fsp3) is 0.294. The van der Waals surface area contributed by atoms with E-state index in [1.165, 1.54) is 31.4 Å². The number of aryl methyl sites for hydroxylation is 1. The third kappa shape index (κ3) is 10.7. The van der Waals surface area contributed by atoms with Crippen molar-refractivity contribution in [3.8, 4) is 0 Å². The molecular formula is C34H40N6O8S2. The highest BCUT2D eigenvalue weighted by atomic mass is 32.2. The molecule has 0 fully saturated rings. The Bertz CT molecular complexity index is 2040. The van der Waals surface area contributed by atoms with Crippen molar-refractivity contribution < 1.29 is 36.3 Å². The van der Waals surface area contributed by atoms with Crippen LogP contribution >= 0.6 is 0 Å². The maximum Gasteiger partial charge on any atom is 0.257 e. The molecule has 3 amide bonds. The first kappa shape index (κ1) is 37.8. The predicted octanol–water partition coefficient (Wildman–Crippen LogP) is 2.22. The molecule has 16 heteroatoms. The van der Waals surface area contributed by atoms with Gasteiger partial charge >= 0.3 is 0 Å². The van der Waals surface area contributed by atoms with Crippen molar-refractivity contribution >= 4 is 49.2 Å². The molecule has 266 valence electrons. The van der Waals surface area contributed by atoms with Crippen molar-refractivity contribution in [1.29, 1.82) is 0 Å².